The van der Waals surface area contributed by atoms with Gasteiger partial charge in [0.2, 0.25) is 0 Å². The molecule has 1 rings (SSSR count). The molecule has 2 nitrogen and oxygen atoms in total. The van der Waals surface area contributed by atoms with E-state index in [0.29, 0.717) is 12.0 Å². The molecule has 90 valence electrons. The minimum Gasteiger partial charge on any atom is -0.381 e. The highest BCUT2D eigenvalue weighted by Gasteiger charge is 2.27. The zero-order chi connectivity index (χ0) is 11.3. The Hall–Kier alpha value is -0.0800. The largest absolute Gasteiger partial charge is 0.381 e. The maximum absolute atomic E-state index is 5.62. The van der Waals surface area contributed by atoms with E-state index >= 15 is 0 Å². The van der Waals surface area contributed by atoms with Crippen LogP contribution >= 0.6 is 0 Å². The fourth-order valence-corrected chi connectivity index (χ4v) is 2.79. The zero-order valence-corrected chi connectivity index (χ0v) is 10.8. The van der Waals surface area contributed by atoms with Gasteiger partial charge in [0.1, 0.15) is 0 Å². The molecule has 0 saturated carbocycles. The summed E-state index contributed by atoms with van der Waals surface area (Å²) < 4.78 is 5.62. The van der Waals surface area contributed by atoms with Crippen molar-refractivity contribution >= 4 is 0 Å². The lowest BCUT2D eigenvalue weighted by Gasteiger charge is -2.22. The normalized spacial score (nSPS) is 34.0. The second kappa shape index (κ2) is 6.49. The van der Waals surface area contributed by atoms with Gasteiger partial charge in [-0.15, -0.1) is 0 Å². The predicted octanol–water partition coefficient (Wildman–Crippen LogP) is 2.78. The van der Waals surface area contributed by atoms with E-state index in [9.17, 15) is 0 Å². The summed E-state index contributed by atoms with van der Waals surface area (Å²) in [6.45, 7) is 7.02. The first-order valence-corrected chi connectivity index (χ1v) is 6.38. The van der Waals surface area contributed by atoms with Crippen LogP contribution in [0.4, 0.5) is 0 Å². The zero-order valence-electron chi connectivity index (χ0n) is 10.8. The Morgan fingerprint density at radius 3 is 2.67 bits per heavy atom. The molecule has 0 aromatic rings. The molecule has 3 atom stereocenters. The minimum absolute atomic E-state index is 0.469. The molecule has 1 aliphatic heterocycles. The van der Waals surface area contributed by atoms with Crippen LogP contribution in [0.15, 0.2) is 0 Å². The second-order valence-corrected chi connectivity index (χ2v) is 5.22. The van der Waals surface area contributed by atoms with Gasteiger partial charge >= 0.3 is 0 Å². The Morgan fingerprint density at radius 1 is 1.33 bits per heavy atom. The smallest absolute Gasteiger partial charge is 0.0612 e. The van der Waals surface area contributed by atoms with Crippen molar-refractivity contribution in [2.75, 3.05) is 27.2 Å². The van der Waals surface area contributed by atoms with Crippen LogP contribution in [0.1, 0.15) is 39.5 Å². The average molecular weight is 213 g/mol. The van der Waals surface area contributed by atoms with Crippen molar-refractivity contribution in [1.82, 2.24) is 4.90 Å². The van der Waals surface area contributed by atoms with Crippen LogP contribution in [0.5, 0.6) is 0 Å². The van der Waals surface area contributed by atoms with E-state index in [-0.39, 0.29) is 0 Å². The summed E-state index contributed by atoms with van der Waals surface area (Å²) in [4.78, 5) is 2.48. The van der Waals surface area contributed by atoms with E-state index in [0.717, 1.165) is 5.92 Å². The molecular weight excluding hydrogens is 186 g/mol. The molecule has 1 fully saturated rings. The van der Waals surface area contributed by atoms with Gasteiger partial charge in [0, 0.05) is 20.2 Å². The highest BCUT2D eigenvalue weighted by Crippen LogP contribution is 2.25. The lowest BCUT2D eigenvalue weighted by atomic mass is 9.92. The summed E-state index contributed by atoms with van der Waals surface area (Å²) >= 11 is 0. The van der Waals surface area contributed by atoms with Crippen molar-refractivity contribution in [3.8, 4) is 0 Å². The SMILES string of the molecule is CCCCC1CC(OC)C(C)CN(C)C1. The van der Waals surface area contributed by atoms with E-state index in [1.807, 2.05) is 7.11 Å². The van der Waals surface area contributed by atoms with Crippen LogP contribution in [0.3, 0.4) is 0 Å². The van der Waals surface area contributed by atoms with Crippen LogP contribution in [0, 0.1) is 11.8 Å². The first kappa shape index (κ1) is 13.0. The molecule has 1 saturated heterocycles. The Morgan fingerprint density at radius 2 is 2.07 bits per heavy atom. The van der Waals surface area contributed by atoms with E-state index in [1.165, 1.54) is 38.8 Å². The Labute approximate surface area is 95.0 Å². The highest BCUT2D eigenvalue weighted by atomic mass is 16.5. The van der Waals surface area contributed by atoms with Crippen molar-refractivity contribution < 1.29 is 4.74 Å². The predicted molar refractivity (Wildman–Crippen MR) is 65.1 cm³/mol. The van der Waals surface area contributed by atoms with Gasteiger partial charge in [-0.1, -0.05) is 26.7 Å². The monoisotopic (exact) mass is 213 g/mol. The van der Waals surface area contributed by atoms with Crippen LogP contribution in [0.2, 0.25) is 0 Å². The molecule has 1 aliphatic rings. The summed E-state index contributed by atoms with van der Waals surface area (Å²) in [5.74, 6) is 1.51. The molecule has 0 radical (unpaired) electrons. The van der Waals surface area contributed by atoms with Gasteiger partial charge in [-0.2, -0.15) is 0 Å². The van der Waals surface area contributed by atoms with Crippen molar-refractivity contribution in [1.29, 1.82) is 0 Å². The van der Waals surface area contributed by atoms with Gasteiger partial charge in [-0.05, 0) is 31.7 Å². The van der Waals surface area contributed by atoms with Gasteiger partial charge < -0.3 is 9.64 Å². The summed E-state index contributed by atoms with van der Waals surface area (Å²) in [5, 5.41) is 0. The summed E-state index contributed by atoms with van der Waals surface area (Å²) in [7, 11) is 4.11. The quantitative estimate of drug-likeness (QED) is 0.712. The van der Waals surface area contributed by atoms with E-state index in [1.54, 1.807) is 0 Å². The van der Waals surface area contributed by atoms with Gasteiger partial charge in [-0.3, -0.25) is 0 Å². The van der Waals surface area contributed by atoms with E-state index in [2.05, 4.69) is 25.8 Å². The summed E-state index contributed by atoms with van der Waals surface area (Å²) in [6.07, 6.45) is 5.77. The molecule has 0 N–H and O–H groups in total. The molecule has 0 bridgehead atoms. The van der Waals surface area contributed by atoms with Crippen molar-refractivity contribution in [3.05, 3.63) is 0 Å². The van der Waals surface area contributed by atoms with Crippen molar-refractivity contribution in [2.45, 2.75) is 45.6 Å². The molecule has 0 spiro atoms. The maximum Gasteiger partial charge on any atom is 0.0612 e. The molecule has 0 aromatic heterocycles. The number of ether oxygens (including phenoxy) is 1. The number of nitrogens with zero attached hydrogens (tertiary/aromatic N) is 1. The lowest BCUT2D eigenvalue weighted by molar-refractivity contribution is 0.0458. The van der Waals surface area contributed by atoms with Gasteiger partial charge in [0.15, 0.2) is 0 Å². The Bertz CT molecular complexity index is 172. The molecule has 0 amide bonds. The Kier molecular flexibility index (Phi) is 5.62. The third-order valence-corrected chi connectivity index (χ3v) is 3.64. The van der Waals surface area contributed by atoms with E-state index in [4.69, 9.17) is 4.74 Å². The van der Waals surface area contributed by atoms with Crippen LogP contribution < -0.4 is 0 Å². The highest BCUT2D eigenvalue weighted by molar-refractivity contribution is 4.79. The van der Waals surface area contributed by atoms with Crippen LogP contribution in [-0.2, 0) is 4.74 Å². The number of methoxy groups -OCH3 is 1. The average Bonchev–Trinajstić information content (AvgIpc) is 2.33. The Balaban J connectivity index is 2.49. The van der Waals surface area contributed by atoms with Gasteiger partial charge in [0.05, 0.1) is 6.10 Å². The standard InChI is InChI=1S/C13H27NO/c1-5-6-7-12-8-13(15-4)11(2)9-14(3)10-12/h11-13H,5-10H2,1-4H3. The molecular formula is C13H27NO. The topological polar surface area (TPSA) is 12.5 Å². The van der Waals surface area contributed by atoms with Crippen molar-refractivity contribution in [3.63, 3.8) is 0 Å². The van der Waals surface area contributed by atoms with E-state index < -0.39 is 0 Å². The minimum atomic E-state index is 0.469. The van der Waals surface area contributed by atoms with Crippen LogP contribution in [0.25, 0.3) is 0 Å². The molecule has 1 heterocycles. The second-order valence-electron chi connectivity index (χ2n) is 5.22. The fraction of sp³-hybridized carbons (Fsp3) is 1.00. The maximum atomic E-state index is 5.62. The van der Waals surface area contributed by atoms with Crippen molar-refractivity contribution in [2.24, 2.45) is 11.8 Å². The molecule has 0 aromatic carbocycles. The third kappa shape index (κ3) is 4.12. The number of rotatable bonds is 4. The number of unbranched alkanes of at least 4 members (excludes halogenated alkanes) is 1. The lowest BCUT2D eigenvalue weighted by Crippen LogP contribution is -2.28. The summed E-state index contributed by atoms with van der Waals surface area (Å²) in [6, 6.07) is 0. The molecule has 2 heteroatoms. The number of likely N-dealkylation sites (tertiary alicyclic amines) is 1. The first-order valence-electron chi connectivity index (χ1n) is 6.38. The molecule has 15 heavy (non-hydrogen) atoms. The number of hydrogen-bond donors (Lipinski definition) is 0. The van der Waals surface area contributed by atoms with Gasteiger partial charge in [0.25, 0.3) is 0 Å². The summed E-state index contributed by atoms with van der Waals surface area (Å²) in [5.41, 5.74) is 0. The fourth-order valence-electron chi connectivity index (χ4n) is 2.79. The number of hydrogen-bond acceptors (Lipinski definition) is 2. The van der Waals surface area contributed by atoms with Gasteiger partial charge in [-0.25, -0.2) is 0 Å². The first-order chi connectivity index (χ1) is 7.17. The third-order valence-electron chi connectivity index (χ3n) is 3.64. The molecule has 3 unspecified atom stereocenters. The molecule has 0 aliphatic carbocycles. The van der Waals surface area contributed by atoms with Crippen LogP contribution in [-0.4, -0.2) is 38.3 Å².